The molecule has 5 heteroatoms. The van der Waals surface area contributed by atoms with Gasteiger partial charge in [0, 0.05) is 25.4 Å². The van der Waals surface area contributed by atoms with Crippen molar-refractivity contribution in [3.8, 4) is 5.75 Å². The Bertz CT molecular complexity index is 724. The van der Waals surface area contributed by atoms with Crippen LogP contribution in [0.15, 0.2) is 54.6 Å². The first-order chi connectivity index (χ1) is 13.7. The number of anilines is 1. The van der Waals surface area contributed by atoms with Crippen LogP contribution in [0.1, 0.15) is 37.9 Å². The van der Waals surface area contributed by atoms with Crippen LogP contribution in [0, 0.1) is 5.92 Å². The molecule has 0 aromatic heterocycles. The lowest BCUT2D eigenvalue weighted by Gasteiger charge is -2.33. The number of nitrogens with zero attached hydrogens (tertiary/aromatic N) is 1. The second-order valence-corrected chi connectivity index (χ2v) is 7.19. The summed E-state index contributed by atoms with van der Waals surface area (Å²) in [5, 5.41) is 9.04. The molecule has 150 valence electrons. The summed E-state index contributed by atoms with van der Waals surface area (Å²) in [4.78, 5) is 13.4. The molecule has 1 atom stereocenters. The third-order valence-electron chi connectivity index (χ3n) is 5.20. The Kier molecular flexibility index (Phi) is 7.31. The van der Waals surface area contributed by atoms with Crippen LogP contribution in [0.5, 0.6) is 5.75 Å². The van der Waals surface area contributed by atoms with Gasteiger partial charge >= 0.3 is 5.97 Å². The molecule has 1 heterocycles. The van der Waals surface area contributed by atoms with Crippen LogP contribution in [-0.4, -0.2) is 37.4 Å². The predicted molar refractivity (Wildman–Crippen MR) is 110 cm³/mol. The topological polar surface area (TPSA) is 59.0 Å². The number of hydrogen-bond donors (Lipinski definition) is 1. The number of ether oxygens (including phenoxy) is 2. The van der Waals surface area contributed by atoms with Crippen LogP contribution in [0.2, 0.25) is 0 Å². The lowest BCUT2D eigenvalue weighted by atomic mass is 9.97. The van der Waals surface area contributed by atoms with Crippen molar-refractivity contribution in [1.29, 1.82) is 0 Å². The predicted octanol–water partition coefficient (Wildman–Crippen LogP) is 4.53. The van der Waals surface area contributed by atoms with Crippen molar-refractivity contribution in [3.63, 3.8) is 0 Å². The molecule has 3 rings (SSSR count). The van der Waals surface area contributed by atoms with E-state index in [0.717, 1.165) is 37.2 Å². The molecular weight excluding hydrogens is 354 g/mol. The quantitative estimate of drug-likeness (QED) is 0.689. The molecule has 5 nitrogen and oxygen atoms in total. The van der Waals surface area contributed by atoms with Gasteiger partial charge in [-0.15, -0.1) is 0 Å². The molecule has 1 fully saturated rings. The number of benzene rings is 2. The minimum absolute atomic E-state index is 0.0337. The van der Waals surface area contributed by atoms with Crippen LogP contribution >= 0.6 is 0 Å². The van der Waals surface area contributed by atoms with Gasteiger partial charge in [0.25, 0.3) is 0 Å². The maximum Gasteiger partial charge on any atom is 0.306 e. The number of hydrogen-bond acceptors (Lipinski definition) is 4. The smallest absolute Gasteiger partial charge is 0.306 e. The molecule has 2 aromatic rings. The second-order valence-electron chi connectivity index (χ2n) is 7.19. The van der Waals surface area contributed by atoms with Crippen LogP contribution in [-0.2, 0) is 9.53 Å². The van der Waals surface area contributed by atoms with E-state index in [1.165, 1.54) is 5.69 Å². The largest absolute Gasteiger partial charge is 0.493 e. The number of para-hydroxylation sites is 1. The molecule has 1 unspecified atom stereocenters. The van der Waals surface area contributed by atoms with Gasteiger partial charge in [0.2, 0.25) is 0 Å². The molecule has 0 amide bonds. The highest BCUT2D eigenvalue weighted by Crippen LogP contribution is 2.26. The average Bonchev–Trinajstić information content (AvgIpc) is 2.73. The summed E-state index contributed by atoms with van der Waals surface area (Å²) in [6.07, 6.45) is 1.79. The number of piperidine rings is 1. The third-order valence-corrected chi connectivity index (χ3v) is 5.20. The molecule has 0 radical (unpaired) electrons. The lowest BCUT2D eigenvalue weighted by molar-refractivity contribution is -0.140. The highest BCUT2D eigenvalue weighted by Gasteiger charge is 2.20. The first-order valence-electron chi connectivity index (χ1n) is 10.0. The fourth-order valence-electron chi connectivity index (χ4n) is 3.62. The zero-order chi connectivity index (χ0) is 19.8. The molecule has 0 spiro atoms. The van der Waals surface area contributed by atoms with Gasteiger partial charge < -0.3 is 19.5 Å². The van der Waals surface area contributed by atoms with Crippen LogP contribution in [0.4, 0.5) is 5.69 Å². The fourth-order valence-corrected chi connectivity index (χ4v) is 3.62. The maximum atomic E-state index is 11.0. The summed E-state index contributed by atoms with van der Waals surface area (Å²) in [7, 11) is 0. The minimum atomic E-state index is -0.861. The molecule has 0 aliphatic carbocycles. The average molecular weight is 383 g/mol. The molecule has 1 aliphatic rings. The minimum Gasteiger partial charge on any atom is -0.493 e. The monoisotopic (exact) mass is 383 g/mol. The van der Waals surface area contributed by atoms with Gasteiger partial charge in [0.05, 0.1) is 19.1 Å². The van der Waals surface area contributed by atoms with Crippen molar-refractivity contribution in [1.82, 2.24) is 0 Å². The van der Waals surface area contributed by atoms with E-state index in [2.05, 4.69) is 29.2 Å². The maximum absolute atomic E-state index is 11.0. The van der Waals surface area contributed by atoms with Crippen LogP contribution in [0.3, 0.4) is 0 Å². The van der Waals surface area contributed by atoms with E-state index >= 15 is 0 Å². The van der Waals surface area contributed by atoms with E-state index < -0.39 is 12.1 Å². The Balaban J connectivity index is 1.47. The van der Waals surface area contributed by atoms with Gasteiger partial charge in [-0.2, -0.15) is 0 Å². The number of carbonyl (C=O) groups is 1. The van der Waals surface area contributed by atoms with Crippen molar-refractivity contribution >= 4 is 11.7 Å². The van der Waals surface area contributed by atoms with E-state index in [1.54, 1.807) is 0 Å². The van der Waals surface area contributed by atoms with Crippen LogP contribution < -0.4 is 9.64 Å². The van der Waals surface area contributed by atoms with Crippen molar-refractivity contribution in [2.24, 2.45) is 5.92 Å². The van der Waals surface area contributed by atoms with E-state index in [9.17, 15) is 4.79 Å². The molecule has 0 bridgehead atoms. The Labute approximate surface area is 166 Å². The lowest BCUT2D eigenvalue weighted by Crippen LogP contribution is -2.35. The Morgan fingerprint density at radius 3 is 2.39 bits per heavy atom. The summed E-state index contributed by atoms with van der Waals surface area (Å²) in [5.41, 5.74) is 2.16. The van der Waals surface area contributed by atoms with Crippen LogP contribution in [0.25, 0.3) is 0 Å². The van der Waals surface area contributed by atoms with Crippen molar-refractivity contribution in [2.45, 2.75) is 32.3 Å². The fraction of sp³-hybridized carbons (Fsp3) is 0.435. The van der Waals surface area contributed by atoms with E-state index in [0.29, 0.717) is 19.1 Å². The van der Waals surface area contributed by atoms with Gasteiger partial charge in [-0.1, -0.05) is 30.3 Å². The van der Waals surface area contributed by atoms with E-state index in [4.69, 9.17) is 14.6 Å². The summed E-state index contributed by atoms with van der Waals surface area (Å²) < 4.78 is 11.5. The summed E-state index contributed by atoms with van der Waals surface area (Å²) in [6, 6.07) is 18.2. The third kappa shape index (κ3) is 5.73. The first-order valence-corrected chi connectivity index (χ1v) is 10.0. The van der Waals surface area contributed by atoms with E-state index in [1.807, 2.05) is 37.3 Å². The van der Waals surface area contributed by atoms with Gasteiger partial charge in [0.1, 0.15) is 5.75 Å². The molecule has 0 saturated carbocycles. The Hall–Kier alpha value is -2.53. The number of rotatable bonds is 9. The number of aliphatic carboxylic acids is 1. The Morgan fingerprint density at radius 1 is 1.11 bits per heavy atom. The molecular formula is C23H29NO4. The number of carboxylic acid groups (broad SMARTS) is 1. The molecule has 28 heavy (non-hydrogen) atoms. The van der Waals surface area contributed by atoms with Gasteiger partial charge in [-0.3, -0.25) is 4.79 Å². The molecule has 1 aliphatic heterocycles. The van der Waals surface area contributed by atoms with Crippen molar-refractivity contribution in [3.05, 3.63) is 60.2 Å². The highest BCUT2D eigenvalue weighted by atomic mass is 16.5. The van der Waals surface area contributed by atoms with Crippen molar-refractivity contribution in [2.75, 3.05) is 31.2 Å². The van der Waals surface area contributed by atoms with Gasteiger partial charge in [-0.25, -0.2) is 0 Å². The standard InChI is InChI=1S/C23H29NO4/c1-2-27-22(16-23(25)26)19-8-10-21(11-9-19)28-17-18-12-14-24(15-13-18)20-6-4-3-5-7-20/h3-11,18,22H,2,12-17H2,1H3,(H,25,26). The summed E-state index contributed by atoms with van der Waals surface area (Å²) >= 11 is 0. The summed E-state index contributed by atoms with van der Waals surface area (Å²) in [5.74, 6) is 0.517. The normalized spacial score (nSPS) is 16.0. The Morgan fingerprint density at radius 2 is 1.79 bits per heavy atom. The van der Waals surface area contributed by atoms with Crippen molar-refractivity contribution < 1.29 is 19.4 Å². The summed E-state index contributed by atoms with van der Waals surface area (Å²) in [6.45, 7) is 5.18. The highest BCUT2D eigenvalue weighted by molar-refractivity contribution is 5.67. The first kappa shape index (κ1) is 20.2. The van der Waals surface area contributed by atoms with Gasteiger partial charge in [0.15, 0.2) is 0 Å². The second kappa shape index (κ2) is 10.1. The molecule has 1 saturated heterocycles. The van der Waals surface area contributed by atoms with E-state index in [-0.39, 0.29) is 6.42 Å². The SMILES string of the molecule is CCOC(CC(=O)O)c1ccc(OCC2CCN(c3ccccc3)CC2)cc1. The van der Waals surface area contributed by atoms with Gasteiger partial charge in [-0.05, 0) is 55.5 Å². The zero-order valence-electron chi connectivity index (χ0n) is 16.4. The molecule has 1 N–H and O–H groups in total. The molecule has 2 aromatic carbocycles. The number of carboxylic acids is 1. The zero-order valence-corrected chi connectivity index (χ0v) is 16.4.